The van der Waals surface area contributed by atoms with E-state index in [1.807, 2.05) is 0 Å². The summed E-state index contributed by atoms with van der Waals surface area (Å²) in [7, 11) is 0. The third-order valence-corrected chi connectivity index (χ3v) is 5.27. The lowest BCUT2D eigenvalue weighted by atomic mass is 9.98. The van der Waals surface area contributed by atoms with E-state index in [0.29, 0.717) is 30.9 Å². The van der Waals surface area contributed by atoms with E-state index in [4.69, 9.17) is 9.47 Å². The summed E-state index contributed by atoms with van der Waals surface area (Å²) in [6.45, 7) is 5.57. The molecule has 1 aliphatic rings. The van der Waals surface area contributed by atoms with Crippen LogP contribution < -0.4 is 0 Å². The van der Waals surface area contributed by atoms with Gasteiger partial charge in [-0.05, 0) is 42.3 Å². The number of ether oxygens (including phenoxy) is 2. The molecule has 10 heteroatoms. The maximum Gasteiger partial charge on any atom is 0.422 e. The lowest BCUT2D eigenvalue weighted by Gasteiger charge is -2.27. The fourth-order valence-electron chi connectivity index (χ4n) is 3.37. The minimum Gasteiger partial charge on any atom is -0.347 e. The van der Waals surface area contributed by atoms with Crippen molar-refractivity contribution in [3.8, 4) is 0 Å². The second kappa shape index (κ2) is 10.4. The van der Waals surface area contributed by atoms with Gasteiger partial charge in [-0.2, -0.15) is 25.8 Å². The molecule has 0 bridgehead atoms. The first-order valence-electron chi connectivity index (χ1n) is 9.92. The monoisotopic (exact) mass is 504 g/mol. The molecule has 0 aliphatic carbocycles. The Balaban J connectivity index is 1.86. The van der Waals surface area contributed by atoms with E-state index in [2.05, 4.69) is 19.2 Å². The smallest absolute Gasteiger partial charge is 0.347 e. The highest BCUT2D eigenvalue weighted by Crippen LogP contribution is 2.37. The highest BCUT2D eigenvalue weighted by atomic mass is 32.1. The Bertz CT molecular complexity index is 1120. The third-order valence-electron chi connectivity index (χ3n) is 4.97. The summed E-state index contributed by atoms with van der Waals surface area (Å²) < 4.78 is 107. The van der Waals surface area contributed by atoms with Crippen LogP contribution in [0.3, 0.4) is 0 Å². The normalized spacial score (nSPS) is 19.9. The van der Waals surface area contributed by atoms with Gasteiger partial charge in [-0.3, -0.25) is 0 Å². The van der Waals surface area contributed by atoms with Crippen LogP contribution in [0.2, 0.25) is 0 Å². The van der Waals surface area contributed by atoms with Crippen LogP contribution in [-0.2, 0) is 15.7 Å². The maximum atomic E-state index is 14.9. The minimum absolute atomic E-state index is 0.0676. The molecule has 0 amide bonds. The highest BCUT2D eigenvalue weighted by Gasteiger charge is 2.38. The van der Waals surface area contributed by atoms with E-state index in [1.54, 1.807) is 0 Å². The number of thiol groups is 1. The third kappa shape index (κ3) is 5.73. The van der Waals surface area contributed by atoms with Crippen LogP contribution in [0.4, 0.5) is 30.7 Å². The van der Waals surface area contributed by atoms with Gasteiger partial charge in [0.1, 0.15) is 28.8 Å². The van der Waals surface area contributed by atoms with Crippen LogP contribution in [-0.4, -0.2) is 18.5 Å². The molecule has 3 rings (SSSR count). The molecule has 0 spiro atoms. The molecule has 0 aromatic heterocycles. The molecule has 1 fully saturated rings. The van der Waals surface area contributed by atoms with E-state index in [0.717, 1.165) is 18.2 Å². The lowest BCUT2D eigenvalue weighted by Crippen LogP contribution is -2.27. The molecule has 1 heterocycles. The Morgan fingerprint density at radius 2 is 1.62 bits per heavy atom. The van der Waals surface area contributed by atoms with Crippen LogP contribution >= 0.6 is 12.6 Å². The van der Waals surface area contributed by atoms with Crippen LogP contribution in [0, 0.1) is 17.5 Å². The molecule has 0 saturated carbocycles. The van der Waals surface area contributed by atoms with Gasteiger partial charge in [-0.1, -0.05) is 24.8 Å². The summed E-state index contributed by atoms with van der Waals surface area (Å²) in [4.78, 5) is 0. The summed E-state index contributed by atoms with van der Waals surface area (Å²) in [5.41, 5.74) is -2.72. The predicted octanol–water partition coefficient (Wildman–Crippen LogP) is 7.44. The zero-order valence-corrected chi connectivity index (χ0v) is 18.6. The van der Waals surface area contributed by atoms with Crippen LogP contribution in [0.15, 0.2) is 54.9 Å². The van der Waals surface area contributed by atoms with E-state index >= 15 is 0 Å². The molecule has 2 aromatic carbocycles. The SMILES string of the molecule is C=C(/C=C(F)\C(=C/C)c1cc(F)c(C(F)(F)F)c(F)c1)c1ccc(C2OCC(S)CO2)cc1F. The molecule has 34 heavy (non-hydrogen) atoms. The van der Waals surface area contributed by atoms with Gasteiger partial charge in [0.2, 0.25) is 0 Å². The minimum atomic E-state index is -5.25. The Hall–Kier alpha value is -2.56. The fraction of sp³-hybridized carbons (Fsp3) is 0.250. The molecule has 1 saturated heterocycles. The molecule has 2 nitrogen and oxygen atoms in total. The topological polar surface area (TPSA) is 18.5 Å². The zero-order valence-electron chi connectivity index (χ0n) is 17.7. The van der Waals surface area contributed by atoms with Gasteiger partial charge < -0.3 is 9.47 Å². The van der Waals surface area contributed by atoms with Crippen LogP contribution in [0.1, 0.15) is 35.5 Å². The molecule has 0 unspecified atom stereocenters. The van der Waals surface area contributed by atoms with Crippen LogP contribution in [0.25, 0.3) is 11.1 Å². The molecular formula is C24H19F7O2S. The predicted molar refractivity (Wildman–Crippen MR) is 117 cm³/mol. The highest BCUT2D eigenvalue weighted by molar-refractivity contribution is 7.81. The number of benzene rings is 2. The van der Waals surface area contributed by atoms with Crippen molar-refractivity contribution in [2.45, 2.75) is 24.6 Å². The summed E-state index contributed by atoms with van der Waals surface area (Å²) in [6.07, 6.45) is -4.10. The number of hydrogen-bond donors (Lipinski definition) is 1. The summed E-state index contributed by atoms with van der Waals surface area (Å²) >= 11 is 4.22. The fourth-order valence-corrected chi connectivity index (χ4v) is 3.55. The van der Waals surface area contributed by atoms with E-state index in [9.17, 15) is 30.7 Å². The molecule has 1 aliphatic heterocycles. The number of halogens is 7. The first-order valence-corrected chi connectivity index (χ1v) is 10.4. The van der Waals surface area contributed by atoms with Gasteiger partial charge in [0, 0.05) is 21.9 Å². The van der Waals surface area contributed by atoms with Crippen molar-refractivity contribution >= 4 is 23.8 Å². The van der Waals surface area contributed by atoms with Crippen molar-refractivity contribution in [3.05, 3.63) is 94.6 Å². The van der Waals surface area contributed by atoms with Crippen molar-refractivity contribution in [1.82, 2.24) is 0 Å². The number of alkyl halides is 3. The molecule has 0 N–H and O–H groups in total. The number of allylic oxidation sites excluding steroid dienone is 5. The molecule has 2 aromatic rings. The van der Waals surface area contributed by atoms with Gasteiger partial charge in [-0.15, -0.1) is 0 Å². The summed E-state index contributed by atoms with van der Waals surface area (Å²) in [5, 5.41) is -0.0966. The van der Waals surface area contributed by atoms with Crippen LogP contribution in [0.5, 0.6) is 0 Å². The summed E-state index contributed by atoms with van der Waals surface area (Å²) in [5.74, 6) is -5.59. The van der Waals surface area contributed by atoms with Gasteiger partial charge in [-0.25, -0.2) is 17.6 Å². The first kappa shape index (κ1) is 26.1. The Morgan fingerprint density at radius 1 is 1.03 bits per heavy atom. The van der Waals surface area contributed by atoms with Crippen molar-refractivity contribution < 1.29 is 40.2 Å². The quantitative estimate of drug-likeness (QED) is 0.259. The largest absolute Gasteiger partial charge is 0.422 e. The lowest BCUT2D eigenvalue weighted by molar-refractivity contribution is -0.179. The Morgan fingerprint density at radius 3 is 2.12 bits per heavy atom. The van der Waals surface area contributed by atoms with Gasteiger partial charge in [0.15, 0.2) is 6.29 Å². The average molecular weight is 504 g/mol. The number of rotatable bonds is 5. The van der Waals surface area contributed by atoms with Gasteiger partial charge in [0.25, 0.3) is 0 Å². The summed E-state index contributed by atoms with van der Waals surface area (Å²) in [6, 6.07) is 4.75. The molecule has 182 valence electrons. The van der Waals surface area contributed by atoms with Crippen molar-refractivity contribution in [1.29, 1.82) is 0 Å². The first-order chi connectivity index (χ1) is 15.9. The maximum absolute atomic E-state index is 14.9. The number of hydrogen-bond acceptors (Lipinski definition) is 3. The second-order valence-corrected chi connectivity index (χ2v) is 8.15. The van der Waals surface area contributed by atoms with E-state index in [-0.39, 0.29) is 16.4 Å². The van der Waals surface area contributed by atoms with Crippen molar-refractivity contribution in [2.24, 2.45) is 0 Å². The van der Waals surface area contributed by atoms with Crippen molar-refractivity contribution in [3.63, 3.8) is 0 Å². The molecular weight excluding hydrogens is 485 g/mol. The zero-order chi connectivity index (χ0) is 25.2. The molecule has 0 atom stereocenters. The van der Waals surface area contributed by atoms with E-state index < -0.39 is 52.4 Å². The van der Waals surface area contributed by atoms with Gasteiger partial charge in [0.05, 0.1) is 13.2 Å². The van der Waals surface area contributed by atoms with E-state index in [1.165, 1.54) is 19.1 Å². The Labute approximate surface area is 196 Å². The van der Waals surface area contributed by atoms with Gasteiger partial charge >= 0.3 is 6.18 Å². The Kier molecular flexibility index (Phi) is 7.95. The molecule has 0 radical (unpaired) electrons. The average Bonchev–Trinajstić information content (AvgIpc) is 2.73. The standard InChI is InChI=1S/C24H19F7O2S/c1-3-16(14-8-20(27)22(21(28)9-14)24(29,30)31)18(25)6-12(2)17-5-4-13(7-19(17)26)23-32-10-15(34)11-33-23/h3-9,15,23,34H,2,10-11H2,1H3/b16-3-,18-6+. The van der Waals surface area contributed by atoms with Crippen molar-refractivity contribution in [2.75, 3.05) is 13.2 Å². The second-order valence-electron chi connectivity index (χ2n) is 7.42.